The molecule has 0 aromatic rings. The van der Waals surface area contributed by atoms with Crippen LogP contribution in [-0.2, 0) is 4.74 Å². The SMILES string of the molecule is CCCN=C(N)NCCC1CCCO1. The smallest absolute Gasteiger partial charge is 0.188 e. The molecule has 0 aliphatic carbocycles. The Balaban J connectivity index is 2.02. The zero-order valence-corrected chi connectivity index (χ0v) is 8.96. The van der Waals surface area contributed by atoms with Gasteiger partial charge in [-0.1, -0.05) is 6.92 Å². The molecule has 1 aliphatic rings. The largest absolute Gasteiger partial charge is 0.378 e. The first kappa shape index (κ1) is 11.3. The summed E-state index contributed by atoms with van der Waals surface area (Å²) in [5, 5.41) is 3.09. The van der Waals surface area contributed by atoms with Gasteiger partial charge in [-0.15, -0.1) is 0 Å². The predicted octanol–water partition coefficient (Wildman–Crippen LogP) is 0.870. The predicted molar refractivity (Wildman–Crippen MR) is 58.4 cm³/mol. The quantitative estimate of drug-likeness (QED) is 0.510. The Morgan fingerprint density at radius 3 is 3.14 bits per heavy atom. The average Bonchev–Trinajstić information content (AvgIpc) is 2.67. The fraction of sp³-hybridized carbons (Fsp3) is 0.900. The molecule has 3 N–H and O–H groups in total. The van der Waals surface area contributed by atoms with E-state index in [-0.39, 0.29) is 0 Å². The number of guanidine groups is 1. The van der Waals surface area contributed by atoms with Crippen molar-refractivity contribution in [1.82, 2.24) is 5.32 Å². The third-order valence-corrected chi connectivity index (χ3v) is 2.30. The van der Waals surface area contributed by atoms with E-state index < -0.39 is 0 Å². The Kier molecular flexibility index (Phi) is 5.37. The molecule has 4 nitrogen and oxygen atoms in total. The molecule has 0 aromatic heterocycles. The van der Waals surface area contributed by atoms with E-state index >= 15 is 0 Å². The molecule has 0 aromatic carbocycles. The first-order valence-electron chi connectivity index (χ1n) is 5.48. The normalized spacial score (nSPS) is 22.6. The second-order valence-corrected chi connectivity index (χ2v) is 3.62. The fourth-order valence-electron chi connectivity index (χ4n) is 1.52. The molecule has 0 amide bonds. The second kappa shape index (κ2) is 6.65. The zero-order valence-electron chi connectivity index (χ0n) is 8.96. The highest BCUT2D eigenvalue weighted by molar-refractivity contribution is 5.77. The number of nitrogens with one attached hydrogen (secondary N) is 1. The second-order valence-electron chi connectivity index (χ2n) is 3.62. The first-order valence-corrected chi connectivity index (χ1v) is 5.48. The summed E-state index contributed by atoms with van der Waals surface area (Å²) >= 11 is 0. The van der Waals surface area contributed by atoms with E-state index in [0.29, 0.717) is 12.1 Å². The van der Waals surface area contributed by atoms with Gasteiger partial charge in [0.25, 0.3) is 0 Å². The van der Waals surface area contributed by atoms with Gasteiger partial charge in [0, 0.05) is 19.7 Å². The summed E-state index contributed by atoms with van der Waals surface area (Å²) in [7, 11) is 0. The topological polar surface area (TPSA) is 59.6 Å². The van der Waals surface area contributed by atoms with Crippen molar-refractivity contribution in [2.75, 3.05) is 19.7 Å². The van der Waals surface area contributed by atoms with Crippen LogP contribution in [0.4, 0.5) is 0 Å². The summed E-state index contributed by atoms with van der Waals surface area (Å²) in [5.74, 6) is 0.560. The van der Waals surface area contributed by atoms with Gasteiger partial charge >= 0.3 is 0 Å². The van der Waals surface area contributed by atoms with Crippen molar-refractivity contribution in [3.63, 3.8) is 0 Å². The zero-order chi connectivity index (χ0) is 10.2. The molecular formula is C10H21N3O. The van der Waals surface area contributed by atoms with Gasteiger partial charge in [-0.05, 0) is 25.7 Å². The number of nitrogens with zero attached hydrogens (tertiary/aromatic N) is 1. The van der Waals surface area contributed by atoms with Gasteiger partial charge in [0.15, 0.2) is 5.96 Å². The summed E-state index contributed by atoms with van der Waals surface area (Å²) in [5.41, 5.74) is 5.64. The molecule has 0 saturated carbocycles. The molecule has 1 saturated heterocycles. The Morgan fingerprint density at radius 1 is 1.64 bits per heavy atom. The molecular weight excluding hydrogens is 178 g/mol. The maximum Gasteiger partial charge on any atom is 0.188 e. The van der Waals surface area contributed by atoms with Gasteiger partial charge in [-0.3, -0.25) is 4.99 Å². The molecule has 0 spiro atoms. The lowest BCUT2D eigenvalue weighted by molar-refractivity contribution is 0.105. The van der Waals surface area contributed by atoms with E-state index in [9.17, 15) is 0 Å². The molecule has 1 unspecified atom stereocenters. The van der Waals surface area contributed by atoms with Crippen LogP contribution in [0.25, 0.3) is 0 Å². The van der Waals surface area contributed by atoms with E-state index in [2.05, 4.69) is 17.2 Å². The molecule has 1 aliphatic heterocycles. The molecule has 82 valence electrons. The number of hydrogen-bond donors (Lipinski definition) is 2. The standard InChI is InChI=1S/C10H21N3O/c1-2-6-12-10(11)13-7-5-9-4-3-8-14-9/h9H,2-8H2,1H3,(H3,11,12,13). The first-order chi connectivity index (χ1) is 6.83. The van der Waals surface area contributed by atoms with Crippen LogP contribution < -0.4 is 11.1 Å². The van der Waals surface area contributed by atoms with Crippen molar-refractivity contribution in [2.45, 2.75) is 38.7 Å². The third kappa shape index (κ3) is 4.46. The number of hydrogen-bond acceptors (Lipinski definition) is 2. The summed E-state index contributed by atoms with van der Waals surface area (Å²) in [6.07, 6.45) is 4.88. The van der Waals surface area contributed by atoms with Crippen LogP contribution in [-0.4, -0.2) is 31.8 Å². The van der Waals surface area contributed by atoms with Crippen molar-refractivity contribution < 1.29 is 4.74 Å². The van der Waals surface area contributed by atoms with Gasteiger partial charge in [0.05, 0.1) is 6.10 Å². The van der Waals surface area contributed by atoms with Crippen LogP contribution >= 0.6 is 0 Å². The highest BCUT2D eigenvalue weighted by Crippen LogP contribution is 2.14. The molecule has 0 radical (unpaired) electrons. The van der Waals surface area contributed by atoms with Crippen molar-refractivity contribution >= 4 is 5.96 Å². The van der Waals surface area contributed by atoms with E-state index in [1.165, 1.54) is 12.8 Å². The van der Waals surface area contributed by atoms with Gasteiger partial charge in [-0.25, -0.2) is 0 Å². The van der Waals surface area contributed by atoms with Gasteiger partial charge in [0.2, 0.25) is 0 Å². The van der Waals surface area contributed by atoms with Gasteiger partial charge in [0.1, 0.15) is 0 Å². The van der Waals surface area contributed by atoms with Crippen LogP contribution in [0.15, 0.2) is 4.99 Å². The van der Waals surface area contributed by atoms with Crippen LogP contribution in [0.5, 0.6) is 0 Å². The van der Waals surface area contributed by atoms with Crippen LogP contribution in [0.1, 0.15) is 32.6 Å². The van der Waals surface area contributed by atoms with Crippen molar-refractivity contribution in [3.8, 4) is 0 Å². The minimum absolute atomic E-state index is 0.432. The summed E-state index contributed by atoms with van der Waals surface area (Å²) in [6, 6.07) is 0. The lowest BCUT2D eigenvalue weighted by Gasteiger charge is -2.10. The van der Waals surface area contributed by atoms with E-state index in [4.69, 9.17) is 10.5 Å². The Hall–Kier alpha value is -0.770. The van der Waals surface area contributed by atoms with Crippen LogP contribution in [0.2, 0.25) is 0 Å². The molecule has 14 heavy (non-hydrogen) atoms. The maximum atomic E-state index is 5.64. The number of ether oxygens (including phenoxy) is 1. The van der Waals surface area contributed by atoms with E-state index in [1.807, 2.05) is 0 Å². The van der Waals surface area contributed by atoms with Gasteiger partial charge < -0.3 is 15.8 Å². The van der Waals surface area contributed by atoms with Gasteiger partial charge in [-0.2, -0.15) is 0 Å². The number of nitrogens with two attached hydrogens (primary N) is 1. The molecule has 1 fully saturated rings. The lowest BCUT2D eigenvalue weighted by Crippen LogP contribution is -2.33. The average molecular weight is 199 g/mol. The number of aliphatic imine (C=N–C) groups is 1. The van der Waals surface area contributed by atoms with E-state index in [0.717, 1.165) is 32.5 Å². The molecule has 4 heteroatoms. The summed E-state index contributed by atoms with van der Waals surface area (Å²) in [4.78, 5) is 4.15. The van der Waals surface area contributed by atoms with Crippen molar-refractivity contribution in [1.29, 1.82) is 0 Å². The fourth-order valence-corrected chi connectivity index (χ4v) is 1.52. The lowest BCUT2D eigenvalue weighted by atomic mass is 10.2. The molecule has 0 bridgehead atoms. The highest BCUT2D eigenvalue weighted by Gasteiger charge is 2.14. The highest BCUT2D eigenvalue weighted by atomic mass is 16.5. The Bertz CT molecular complexity index is 176. The Morgan fingerprint density at radius 2 is 2.50 bits per heavy atom. The van der Waals surface area contributed by atoms with Crippen molar-refractivity contribution in [3.05, 3.63) is 0 Å². The van der Waals surface area contributed by atoms with E-state index in [1.54, 1.807) is 0 Å². The maximum absolute atomic E-state index is 5.64. The third-order valence-electron chi connectivity index (χ3n) is 2.30. The summed E-state index contributed by atoms with van der Waals surface area (Å²) < 4.78 is 5.50. The summed E-state index contributed by atoms with van der Waals surface area (Å²) in [6.45, 7) is 4.68. The van der Waals surface area contributed by atoms with Crippen LogP contribution in [0.3, 0.4) is 0 Å². The molecule has 1 atom stereocenters. The number of rotatable bonds is 5. The minimum Gasteiger partial charge on any atom is -0.378 e. The van der Waals surface area contributed by atoms with Crippen molar-refractivity contribution in [2.24, 2.45) is 10.7 Å². The Labute approximate surface area is 85.9 Å². The molecule has 1 rings (SSSR count). The minimum atomic E-state index is 0.432. The molecule has 1 heterocycles. The monoisotopic (exact) mass is 199 g/mol. The van der Waals surface area contributed by atoms with Crippen LogP contribution in [0, 0.1) is 0 Å².